The van der Waals surface area contributed by atoms with Crippen LogP contribution in [0.15, 0.2) is 36.4 Å². The molecule has 0 amide bonds. The van der Waals surface area contributed by atoms with Crippen LogP contribution in [-0.4, -0.2) is 18.5 Å². The molecule has 1 N–H and O–H groups in total. The highest BCUT2D eigenvalue weighted by molar-refractivity contribution is 6.32. The third-order valence-corrected chi connectivity index (χ3v) is 3.32. The van der Waals surface area contributed by atoms with Crippen molar-refractivity contribution in [3.63, 3.8) is 0 Å². The molecule has 0 heterocycles. The lowest BCUT2D eigenvalue weighted by Crippen LogP contribution is -2.00. The largest absolute Gasteiger partial charge is 0.508 e. The number of aldehydes is 1. The summed E-state index contributed by atoms with van der Waals surface area (Å²) < 4.78 is 10.8. The zero-order valence-electron chi connectivity index (χ0n) is 11.5. The first-order valence-electron chi connectivity index (χ1n) is 6.35. The molecule has 0 atom stereocenters. The number of ether oxygens (including phenoxy) is 2. The predicted molar refractivity (Wildman–Crippen MR) is 80.2 cm³/mol. The van der Waals surface area contributed by atoms with Crippen LogP contribution >= 0.6 is 11.6 Å². The van der Waals surface area contributed by atoms with E-state index in [0.29, 0.717) is 22.6 Å². The summed E-state index contributed by atoms with van der Waals surface area (Å²) in [5.74, 6) is 1.09. The van der Waals surface area contributed by atoms with Crippen molar-refractivity contribution in [3.8, 4) is 17.2 Å². The van der Waals surface area contributed by atoms with Gasteiger partial charge in [0.2, 0.25) is 0 Å². The number of hydrogen-bond donors (Lipinski definition) is 1. The van der Waals surface area contributed by atoms with Crippen molar-refractivity contribution in [3.05, 3.63) is 52.5 Å². The Kier molecular flexibility index (Phi) is 5.06. The van der Waals surface area contributed by atoms with E-state index in [4.69, 9.17) is 21.1 Å². The Labute approximate surface area is 127 Å². The summed E-state index contributed by atoms with van der Waals surface area (Å²) in [7, 11) is 1.60. The van der Waals surface area contributed by atoms with Crippen LogP contribution in [0, 0.1) is 0 Å². The first-order chi connectivity index (χ1) is 10.2. The first-order valence-corrected chi connectivity index (χ1v) is 6.73. The molecule has 0 radical (unpaired) electrons. The molecule has 110 valence electrons. The Balaban J connectivity index is 2.18. The lowest BCUT2D eigenvalue weighted by Gasteiger charge is -2.13. The quantitative estimate of drug-likeness (QED) is 0.831. The van der Waals surface area contributed by atoms with Gasteiger partial charge in [0.25, 0.3) is 0 Å². The minimum Gasteiger partial charge on any atom is -0.508 e. The maximum Gasteiger partial charge on any atom is 0.145 e. The Bertz CT molecular complexity index is 623. The van der Waals surface area contributed by atoms with E-state index in [1.165, 1.54) is 12.1 Å². The molecule has 0 aliphatic rings. The van der Waals surface area contributed by atoms with Crippen molar-refractivity contribution in [2.24, 2.45) is 0 Å². The van der Waals surface area contributed by atoms with Crippen LogP contribution in [0.1, 0.15) is 11.1 Å². The highest BCUT2D eigenvalue weighted by Crippen LogP contribution is 2.35. The van der Waals surface area contributed by atoms with Crippen molar-refractivity contribution in [2.45, 2.75) is 13.0 Å². The number of phenolic OH excluding ortho intramolecular Hbond substituents is 1. The number of carbonyl (C=O) groups excluding carboxylic acids is 1. The maximum atomic E-state index is 10.7. The number of phenols is 1. The van der Waals surface area contributed by atoms with E-state index in [0.717, 1.165) is 11.3 Å². The summed E-state index contributed by atoms with van der Waals surface area (Å²) >= 11 is 6.08. The van der Waals surface area contributed by atoms with E-state index < -0.39 is 0 Å². The molecule has 0 bridgehead atoms. The van der Waals surface area contributed by atoms with Crippen LogP contribution in [0.5, 0.6) is 17.2 Å². The lowest BCUT2D eigenvalue weighted by atomic mass is 10.1. The van der Waals surface area contributed by atoms with E-state index in [2.05, 4.69) is 0 Å². The number of rotatable bonds is 6. The van der Waals surface area contributed by atoms with Gasteiger partial charge in [0, 0.05) is 12.0 Å². The third-order valence-electron chi connectivity index (χ3n) is 3.02. The molecule has 0 aromatic heterocycles. The van der Waals surface area contributed by atoms with Gasteiger partial charge in [0.15, 0.2) is 0 Å². The minimum atomic E-state index is -0.00349. The summed E-state index contributed by atoms with van der Waals surface area (Å²) in [5, 5.41) is 10.2. The van der Waals surface area contributed by atoms with E-state index >= 15 is 0 Å². The second kappa shape index (κ2) is 6.99. The number of carbonyl (C=O) groups is 1. The normalized spacial score (nSPS) is 10.2. The van der Waals surface area contributed by atoms with Gasteiger partial charge in [0.05, 0.1) is 12.1 Å². The molecule has 2 aromatic rings. The third kappa shape index (κ3) is 3.67. The van der Waals surface area contributed by atoms with Crippen molar-refractivity contribution in [1.29, 1.82) is 0 Å². The number of methoxy groups -OCH3 is 1. The molecule has 0 saturated heterocycles. The van der Waals surface area contributed by atoms with Crippen LogP contribution in [0.25, 0.3) is 0 Å². The maximum absolute atomic E-state index is 10.7. The number of halogens is 1. The van der Waals surface area contributed by atoms with Crippen molar-refractivity contribution >= 4 is 17.9 Å². The van der Waals surface area contributed by atoms with Gasteiger partial charge in [-0.2, -0.15) is 0 Å². The average molecular weight is 307 g/mol. The second-order valence-electron chi connectivity index (χ2n) is 4.38. The molecular weight excluding hydrogens is 292 g/mol. The molecule has 21 heavy (non-hydrogen) atoms. The second-order valence-corrected chi connectivity index (χ2v) is 4.79. The molecule has 2 aromatic carbocycles. The van der Waals surface area contributed by atoms with E-state index in [-0.39, 0.29) is 18.8 Å². The fraction of sp³-hybridized carbons (Fsp3) is 0.188. The van der Waals surface area contributed by atoms with Crippen LogP contribution in [-0.2, 0) is 17.8 Å². The molecule has 0 saturated carbocycles. The summed E-state index contributed by atoms with van der Waals surface area (Å²) in [6.07, 6.45) is 0.746. The molecule has 4 nitrogen and oxygen atoms in total. The van der Waals surface area contributed by atoms with Gasteiger partial charge < -0.3 is 19.4 Å². The van der Waals surface area contributed by atoms with Crippen molar-refractivity contribution in [1.82, 2.24) is 0 Å². The highest BCUT2D eigenvalue weighted by Gasteiger charge is 2.13. The van der Waals surface area contributed by atoms with Gasteiger partial charge in [0.1, 0.15) is 30.1 Å². The summed E-state index contributed by atoms with van der Waals surface area (Å²) in [5.41, 5.74) is 1.32. The molecule has 0 aliphatic carbocycles. The fourth-order valence-electron chi connectivity index (χ4n) is 1.90. The predicted octanol–water partition coefficient (Wildman–Crippen LogP) is 3.37. The van der Waals surface area contributed by atoms with Crippen LogP contribution in [0.4, 0.5) is 0 Å². The number of benzene rings is 2. The van der Waals surface area contributed by atoms with Crippen LogP contribution < -0.4 is 9.47 Å². The lowest BCUT2D eigenvalue weighted by molar-refractivity contribution is -0.107. The van der Waals surface area contributed by atoms with Gasteiger partial charge in [-0.1, -0.05) is 23.7 Å². The molecule has 2 rings (SSSR count). The average Bonchev–Trinajstić information content (AvgIpc) is 2.51. The van der Waals surface area contributed by atoms with E-state index in [1.54, 1.807) is 7.11 Å². The molecule has 5 heteroatoms. The Morgan fingerprint density at radius 2 is 1.90 bits per heavy atom. The van der Waals surface area contributed by atoms with Gasteiger partial charge in [-0.3, -0.25) is 0 Å². The monoisotopic (exact) mass is 306 g/mol. The highest BCUT2D eigenvalue weighted by atomic mass is 35.5. The summed E-state index contributed by atoms with van der Waals surface area (Å²) in [4.78, 5) is 10.7. The zero-order valence-corrected chi connectivity index (χ0v) is 12.3. The minimum absolute atomic E-state index is 0.00349. The SMILES string of the molecule is COc1ccc(COc2c(Cl)ccc(O)c2CC=O)cc1. The Morgan fingerprint density at radius 1 is 1.19 bits per heavy atom. The molecule has 0 unspecified atom stereocenters. The number of hydrogen-bond acceptors (Lipinski definition) is 4. The standard InChI is InChI=1S/C16H15ClO4/c1-20-12-4-2-11(3-5-12)10-21-16-13(8-9-18)15(19)7-6-14(16)17/h2-7,9,19H,8,10H2,1H3. The molecule has 0 aliphatic heterocycles. The van der Waals surface area contributed by atoms with Gasteiger partial charge >= 0.3 is 0 Å². The topological polar surface area (TPSA) is 55.8 Å². The smallest absolute Gasteiger partial charge is 0.145 e. The molecule has 0 spiro atoms. The van der Waals surface area contributed by atoms with Crippen LogP contribution in [0.3, 0.4) is 0 Å². The van der Waals surface area contributed by atoms with Gasteiger partial charge in [-0.15, -0.1) is 0 Å². The van der Waals surface area contributed by atoms with Gasteiger partial charge in [-0.05, 0) is 29.8 Å². The van der Waals surface area contributed by atoms with E-state index in [1.807, 2.05) is 24.3 Å². The van der Waals surface area contributed by atoms with Crippen LogP contribution in [0.2, 0.25) is 5.02 Å². The van der Waals surface area contributed by atoms with Crippen molar-refractivity contribution in [2.75, 3.05) is 7.11 Å². The Morgan fingerprint density at radius 3 is 2.52 bits per heavy atom. The molecule has 0 fully saturated rings. The fourth-order valence-corrected chi connectivity index (χ4v) is 2.13. The summed E-state index contributed by atoms with van der Waals surface area (Å²) in [6.45, 7) is 0.277. The van der Waals surface area contributed by atoms with E-state index in [9.17, 15) is 9.90 Å². The number of aromatic hydroxyl groups is 1. The van der Waals surface area contributed by atoms with Gasteiger partial charge in [-0.25, -0.2) is 0 Å². The first kappa shape index (κ1) is 15.2. The van der Waals surface area contributed by atoms with Crippen molar-refractivity contribution < 1.29 is 19.4 Å². The zero-order chi connectivity index (χ0) is 15.2. The molecular formula is C16H15ClO4. The summed E-state index contributed by atoms with van der Waals surface area (Å²) in [6, 6.07) is 10.4. The Hall–Kier alpha value is -2.20.